The van der Waals surface area contributed by atoms with E-state index in [1.807, 2.05) is 0 Å². The van der Waals surface area contributed by atoms with Gasteiger partial charge in [0.2, 0.25) is 10.0 Å². The number of hydrogen-bond donors (Lipinski definition) is 1. The minimum atomic E-state index is -3.99. The van der Waals surface area contributed by atoms with Gasteiger partial charge in [-0.15, -0.1) is 0 Å². The van der Waals surface area contributed by atoms with Crippen LogP contribution in [-0.4, -0.2) is 36.4 Å². The van der Waals surface area contributed by atoms with Crippen molar-refractivity contribution in [1.29, 1.82) is 0 Å². The summed E-state index contributed by atoms with van der Waals surface area (Å²) in [5, 5.41) is 8.82. The number of hydrogen-bond acceptors (Lipinski definition) is 3. The van der Waals surface area contributed by atoms with E-state index >= 15 is 0 Å². The number of benzene rings is 1. The fraction of sp³-hybridized carbons (Fsp3) is 0.417. The van der Waals surface area contributed by atoms with Gasteiger partial charge < -0.3 is 5.11 Å². The van der Waals surface area contributed by atoms with Crippen molar-refractivity contribution in [2.24, 2.45) is 0 Å². The predicted molar refractivity (Wildman–Crippen MR) is 70.6 cm³/mol. The molecule has 1 aliphatic heterocycles. The molecule has 0 saturated carbocycles. The molecular weight excluding hydrogens is 309 g/mol. The van der Waals surface area contributed by atoms with Gasteiger partial charge in [-0.3, -0.25) is 4.79 Å². The smallest absolute Gasteiger partial charge is 0.322 e. The SMILES string of the molecule is O=C(O)C1CCCCN1S(=O)(=O)c1ccc(F)c(Cl)c1. The van der Waals surface area contributed by atoms with Crippen LogP contribution in [0, 0.1) is 5.82 Å². The lowest BCUT2D eigenvalue weighted by Crippen LogP contribution is -2.47. The standard InChI is InChI=1S/C12H13ClFNO4S/c13-9-7-8(4-5-10(9)14)20(18,19)15-6-2-1-3-11(15)12(16)17/h4-5,7,11H,1-3,6H2,(H,16,17). The van der Waals surface area contributed by atoms with Crippen molar-refractivity contribution in [3.05, 3.63) is 29.0 Å². The Hall–Kier alpha value is -1.18. The Balaban J connectivity index is 2.42. The average molecular weight is 322 g/mol. The van der Waals surface area contributed by atoms with Crippen molar-refractivity contribution in [3.63, 3.8) is 0 Å². The van der Waals surface area contributed by atoms with Crippen molar-refractivity contribution >= 4 is 27.6 Å². The molecule has 2 rings (SSSR count). The number of rotatable bonds is 3. The first kappa shape index (κ1) is 15.2. The van der Waals surface area contributed by atoms with Gasteiger partial charge in [-0.05, 0) is 37.5 Å². The fourth-order valence-electron chi connectivity index (χ4n) is 2.21. The lowest BCUT2D eigenvalue weighted by molar-refractivity contribution is -0.142. The normalized spacial score (nSPS) is 20.8. The maximum absolute atomic E-state index is 13.1. The number of carboxylic acids is 1. The summed E-state index contributed by atoms with van der Waals surface area (Å²) in [5.74, 6) is -1.90. The summed E-state index contributed by atoms with van der Waals surface area (Å²) in [7, 11) is -3.99. The molecule has 0 aliphatic carbocycles. The van der Waals surface area contributed by atoms with Crippen LogP contribution in [-0.2, 0) is 14.8 Å². The summed E-state index contributed by atoms with van der Waals surface area (Å²) in [6.45, 7) is 0.133. The third kappa shape index (κ3) is 2.79. The first-order valence-electron chi connectivity index (χ1n) is 6.04. The summed E-state index contributed by atoms with van der Waals surface area (Å²) >= 11 is 5.58. The summed E-state index contributed by atoms with van der Waals surface area (Å²) in [4.78, 5) is 11.0. The highest BCUT2D eigenvalue weighted by molar-refractivity contribution is 7.89. The van der Waals surface area contributed by atoms with Gasteiger partial charge in [-0.1, -0.05) is 11.6 Å². The zero-order valence-electron chi connectivity index (χ0n) is 10.4. The molecule has 1 aliphatic rings. The summed E-state index contributed by atoms with van der Waals surface area (Å²) in [6, 6.07) is 1.95. The minimum Gasteiger partial charge on any atom is -0.480 e. The molecule has 1 atom stereocenters. The van der Waals surface area contributed by atoms with Crippen LogP contribution in [0.5, 0.6) is 0 Å². The molecule has 20 heavy (non-hydrogen) atoms. The summed E-state index contributed by atoms with van der Waals surface area (Å²) in [5.41, 5.74) is 0. The van der Waals surface area contributed by atoms with E-state index < -0.39 is 27.9 Å². The van der Waals surface area contributed by atoms with E-state index in [2.05, 4.69) is 0 Å². The number of sulfonamides is 1. The number of piperidine rings is 1. The monoisotopic (exact) mass is 321 g/mol. The van der Waals surface area contributed by atoms with E-state index in [4.69, 9.17) is 16.7 Å². The van der Waals surface area contributed by atoms with Crippen molar-refractivity contribution in [2.45, 2.75) is 30.2 Å². The molecular formula is C12H13ClFNO4S. The number of aliphatic carboxylic acids is 1. The van der Waals surface area contributed by atoms with Crippen molar-refractivity contribution in [2.75, 3.05) is 6.54 Å². The Morgan fingerprint density at radius 3 is 2.70 bits per heavy atom. The lowest BCUT2D eigenvalue weighted by Gasteiger charge is -2.31. The fourth-order valence-corrected chi connectivity index (χ4v) is 4.14. The Labute approximate surface area is 121 Å². The summed E-state index contributed by atoms with van der Waals surface area (Å²) in [6.07, 6.45) is 1.52. The molecule has 1 aromatic carbocycles. The van der Waals surface area contributed by atoms with Crippen LogP contribution in [0.25, 0.3) is 0 Å². The van der Waals surface area contributed by atoms with Crippen molar-refractivity contribution < 1.29 is 22.7 Å². The second-order valence-corrected chi connectivity index (χ2v) is 6.84. The quantitative estimate of drug-likeness (QED) is 0.925. The second kappa shape index (κ2) is 5.67. The van der Waals surface area contributed by atoms with E-state index in [1.165, 1.54) is 0 Å². The number of nitrogens with zero attached hydrogens (tertiary/aromatic N) is 1. The third-order valence-electron chi connectivity index (χ3n) is 3.24. The van der Waals surface area contributed by atoms with Crippen LogP contribution in [0.2, 0.25) is 5.02 Å². The van der Waals surface area contributed by atoms with Gasteiger partial charge >= 0.3 is 5.97 Å². The average Bonchev–Trinajstić information content (AvgIpc) is 2.41. The maximum Gasteiger partial charge on any atom is 0.322 e. The van der Waals surface area contributed by atoms with Crippen LogP contribution in [0.15, 0.2) is 23.1 Å². The van der Waals surface area contributed by atoms with Crippen molar-refractivity contribution in [1.82, 2.24) is 4.31 Å². The lowest BCUT2D eigenvalue weighted by atomic mass is 10.1. The van der Waals surface area contributed by atoms with Gasteiger partial charge in [0.05, 0.1) is 9.92 Å². The van der Waals surface area contributed by atoms with E-state index in [1.54, 1.807) is 0 Å². The van der Waals surface area contributed by atoms with Crippen LogP contribution in [0.3, 0.4) is 0 Å². The molecule has 1 N–H and O–H groups in total. The topological polar surface area (TPSA) is 74.7 Å². The van der Waals surface area contributed by atoms with Crippen molar-refractivity contribution in [3.8, 4) is 0 Å². The molecule has 0 radical (unpaired) electrons. The molecule has 1 fully saturated rings. The first-order chi connectivity index (χ1) is 9.34. The van der Waals surface area contributed by atoms with Gasteiger partial charge in [0.1, 0.15) is 11.9 Å². The van der Waals surface area contributed by atoms with Gasteiger partial charge in [0.25, 0.3) is 0 Å². The van der Waals surface area contributed by atoms with Gasteiger partial charge in [0.15, 0.2) is 0 Å². The van der Waals surface area contributed by atoms with Crippen LogP contribution < -0.4 is 0 Å². The zero-order valence-corrected chi connectivity index (χ0v) is 12.0. The van der Waals surface area contributed by atoms with E-state index in [0.717, 1.165) is 22.5 Å². The second-order valence-electron chi connectivity index (χ2n) is 4.54. The molecule has 0 bridgehead atoms. The molecule has 110 valence electrons. The third-order valence-corrected chi connectivity index (χ3v) is 5.43. The van der Waals surface area contributed by atoms with Gasteiger partial charge in [-0.2, -0.15) is 4.31 Å². The van der Waals surface area contributed by atoms with Gasteiger partial charge in [0, 0.05) is 6.54 Å². The molecule has 1 saturated heterocycles. The molecule has 0 aromatic heterocycles. The number of halogens is 2. The summed E-state index contributed by atoms with van der Waals surface area (Å²) < 4.78 is 38.9. The Morgan fingerprint density at radius 2 is 2.10 bits per heavy atom. The first-order valence-corrected chi connectivity index (χ1v) is 7.85. The van der Waals surface area contributed by atoms with E-state index in [9.17, 15) is 17.6 Å². The highest BCUT2D eigenvalue weighted by Crippen LogP contribution is 2.27. The maximum atomic E-state index is 13.1. The highest BCUT2D eigenvalue weighted by atomic mass is 35.5. The van der Waals surface area contributed by atoms with E-state index in [-0.39, 0.29) is 22.9 Å². The number of carboxylic acid groups (broad SMARTS) is 1. The zero-order chi connectivity index (χ0) is 14.9. The molecule has 5 nitrogen and oxygen atoms in total. The largest absolute Gasteiger partial charge is 0.480 e. The Kier molecular flexibility index (Phi) is 4.31. The molecule has 8 heteroatoms. The molecule has 0 amide bonds. The highest BCUT2D eigenvalue weighted by Gasteiger charge is 2.37. The predicted octanol–water partition coefficient (Wildman–Crippen LogP) is 2.11. The minimum absolute atomic E-state index is 0.133. The van der Waals surface area contributed by atoms with E-state index in [0.29, 0.717) is 12.8 Å². The molecule has 1 heterocycles. The van der Waals surface area contributed by atoms with Crippen LogP contribution in [0.1, 0.15) is 19.3 Å². The van der Waals surface area contributed by atoms with Crippen LogP contribution in [0.4, 0.5) is 4.39 Å². The molecule has 0 spiro atoms. The van der Waals surface area contributed by atoms with Crippen LogP contribution >= 0.6 is 11.6 Å². The Bertz CT molecular complexity index is 634. The number of carbonyl (C=O) groups is 1. The van der Waals surface area contributed by atoms with Gasteiger partial charge in [-0.25, -0.2) is 12.8 Å². The molecule has 1 unspecified atom stereocenters. The Morgan fingerprint density at radius 1 is 1.40 bits per heavy atom. The molecule has 1 aromatic rings.